The fourth-order valence-electron chi connectivity index (χ4n) is 2.45. The van der Waals surface area contributed by atoms with E-state index in [0.717, 1.165) is 12.1 Å². The SMILES string of the molecule is Cl.Cl.O=[N+]([O-])c1ccc(Cl)c(O)c1[C@@H](C(F)F)N1CCNCC1. The molecule has 1 aromatic carbocycles. The lowest BCUT2D eigenvalue weighted by molar-refractivity contribution is -0.386. The van der Waals surface area contributed by atoms with Gasteiger partial charge in [0.2, 0.25) is 0 Å². The van der Waals surface area contributed by atoms with Gasteiger partial charge in [0.05, 0.1) is 15.5 Å². The van der Waals surface area contributed by atoms with E-state index in [1.54, 1.807) is 0 Å². The molecule has 1 aromatic rings. The van der Waals surface area contributed by atoms with Gasteiger partial charge >= 0.3 is 0 Å². The first-order valence-electron chi connectivity index (χ1n) is 6.32. The molecule has 132 valence electrons. The zero-order valence-corrected chi connectivity index (χ0v) is 14.1. The predicted octanol–water partition coefficient (Wildman–Crippen LogP) is 3.01. The molecule has 1 atom stereocenters. The van der Waals surface area contributed by atoms with Gasteiger partial charge in [0.15, 0.2) is 0 Å². The van der Waals surface area contributed by atoms with E-state index >= 15 is 0 Å². The summed E-state index contributed by atoms with van der Waals surface area (Å²) >= 11 is 5.73. The standard InChI is InChI=1S/C12H14ClF2N3O3.2ClH/c13-7-1-2-8(18(20)21)9(11(7)19)10(12(14)15)17-5-3-16-4-6-17;;/h1-2,10,12,16,19H,3-6H2;2*1H/t10-;;/m0../s1. The Kier molecular flexibility index (Phi) is 9.01. The lowest BCUT2D eigenvalue weighted by atomic mass is 10.0. The minimum Gasteiger partial charge on any atom is -0.506 e. The summed E-state index contributed by atoms with van der Waals surface area (Å²) in [6.07, 6.45) is -2.88. The summed E-state index contributed by atoms with van der Waals surface area (Å²) in [6, 6.07) is 0.597. The molecule has 2 rings (SSSR count). The van der Waals surface area contributed by atoms with Crippen molar-refractivity contribution in [3.8, 4) is 5.75 Å². The highest BCUT2D eigenvalue weighted by Gasteiger charge is 2.38. The van der Waals surface area contributed by atoms with Crippen molar-refractivity contribution in [3.63, 3.8) is 0 Å². The summed E-state index contributed by atoms with van der Waals surface area (Å²) in [4.78, 5) is 11.7. The molecule has 0 unspecified atom stereocenters. The average molecular weight is 395 g/mol. The number of rotatable bonds is 4. The Labute approximate surface area is 148 Å². The molecule has 0 spiro atoms. The normalized spacial score (nSPS) is 16.3. The van der Waals surface area contributed by atoms with E-state index in [1.165, 1.54) is 4.90 Å². The van der Waals surface area contributed by atoms with Crippen LogP contribution in [-0.2, 0) is 0 Å². The molecule has 0 radical (unpaired) electrons. The number of nitrogens with zero attached hydrogens (tertiary/aromatic N) is 2. The number of nitro groups is 1. The van der Waals surface area contributed by atoms with Crippen LogP contribution in [0.3, 0.4) is 0 Å². The van der Waals surface area contributed by atoms with Crippen molar-refractivity contribution in [2.24, 2.45) is 0 Å². The van der Waals surface area contributed by atoms with Crippen LogP contribution in [0.15, 0.2) is 12.1 Å². The zero-order chi connectivity index (χ0) is 15.6. The summed E-state index contributed by atoms with van der Waals surface area (Å²) in [7, 11) is 0. The Morgan fingerprint density at radius 3 is 2.35 bits per heavy atom. The molecule has 11 heteroatoms. The average Bonchev–Trinajstić information content (AvgIpc) is 2.44. The number of hydrogen-bond donors (Lipinski definition) is 2. The van der Waals surface area contributed by atoms with E-state index < -0.39 is 34.4 Å². The molecular weight excluding hydrogens is 379 g/mol. The second-order valence-corrected chi connectivity index (χ2v) is 5.06. The van der Waals surface area contributed by atoms with Crippen LogP contribution in [0.4, 0.5) is 14.5 Å². The van der Waals surface area contributed by atoms with Gasteiger partial charge in [0.1, 0.15) is 11.8 Å². The first-order valence-corrected chi connectivity index (χ1v) is 6.70. The number of nitro benzene ring substituents is 1. The Morgan fingerprint density at radius 2 is 1.87 bits per heavy atom. The molecule has 1 aliphatic rings. The molecule has 0 aliphatic carbocycles. The lowest BCUT2D eigenvalue weighted by Crippen LogP contribution is -2.47. The second-order valence-electron chi connectivity index (χ2n) is 4.65. The molecule has 23 heavy (non-hydrogen) atoms. The van der Waals surface area contributed by atoms with Crippen LogP contribution in [0.1, 0.15) is 11.6 Å². The number of halogens is 5. The fourth-order valence-corrected chi connectivity index (χ4v) is 2.61. The van der Waals surface area contributed by atoms with Crippen molar-refractivity contribution in [2.45, 2.75) is 12.5 Å². The van der Waals surface area contributed by atoms with Crippen molar-refractivity contribution in [1.82, 2.24) is 10.2 Å². The van der Waals surface area contributed by atoms with Crippen LogP contribution < -0.4 is 5.32 Å². The van der Waals surface area contributed by atoms with Crippen LogP contribution in [0.5, 0.6) is 5.75 Å². The van der Waals surface area contributed by atoms with Crippen LogP contribution >= 0.6 is 36.4 Å². The smallest absolute Gasteiger partial charge is 0.278 e. The predicted molar refractivity (Wildman–Crippen MR) is 87.5 cm³/mol. The van der Waals surface area contributed by atoms with E-state index in [4.69, 9.17) is 11.6 Å². The largest absolute Gasteiger partial charge is 0.506 e. The van der Waals surface area contributed by atoms with Crippen LogP contribution in [0.2, 0.25) is 5.02 Å². The quantitative estimate of drug-likeness (QED) is 0.606. The van der Waals surface area contributed by atoms with Crippen molar-refractivity contribution in [2.75, 3.05) is 26.2 Å². The molecule has 0 amide bonds. The number of hydrogen-bond acceptors (Lipinski definition) is 5. The monoisotopic (exact) mass is 393 g/mol. The molecule has 1 heterocycles. The third-order valence-electron chi connectivity index (χ3n) is 3.42. The Morgan fingerprint density at radius 1 is 1.30 bits per heavy atom. The number of nitrogens with one attached hydrogen (secondary N) is 1. The Hall–Kier alpha value is -0.930. The highest BCUT2D eigenvalue weighted by molar-refractivity contribution is 6.32. The Balaban J connectivity index is 0.00000242. The van der Waals surface area contributed by atoms with Crippen molar-refractivity contribution in [3.05, 3.63) is 32.8 Å². The van der Waals surface area contributed by atoms with Gasteiger partial charge in [-0.25, -0.2) is 8.78 Å². The third kappa shape index (κ3) is 4.77. The highest BCUT2D eigenvalue weighted by atomic mass is 35.5. The first kappa shape index (κ1) is 22.1. The summed E-state index contributed by atoms with van der Waals surface area (Å²) in [5.41, 5.74) is -0.981. The van der Waals surface area contributed by atoms with E-state index in [1.807, 2.05) is 0 Å². The van der Waals surface area contributed by atoms with Gasteiger partial charge in [-0.05, 0) is 6.07 Å². The van der Waals surface area contributed by atoms with Crippen molar-refractivity contribution < 1.29 is 18.8 Å². The molecule has 0 saturated carbocycles. The molecule has 1 aliphatic heterocycles. The molecule has 1 saturated heterocycles. The van der Waals surface area contributed by atoms with Gasteiger partial charge in [-0.1, -0.05) is 11.6 Å². The minimum atomic E-state index is -2.88. The maximum atomic E-state index is 13.5. The van der Waals surface area contributed by atoms with Crippen LogP contribution in [0.25, 0.3) is 0 Å². The number of phenols is 1. The molecule has 0 aromatic heterocycles. The van der Waals surface area contributed by atoms with Crippen molar-refractivity contribution in [1.29, 1.82) is 0 Å². The van der Waals surface area contributed by atoms with Gasteiger partial charge in [-0.3, -0.25) is 15.0 Å². The minimum absolute atomic E-state index is 0. The molecular formula is C12H16Cl3F2N3O3. The highest BCUT2D eigenvalue weighted by Crippen LogP contribution is 2.43. The van der Waals surface area contributed by atoms with E-state index in [9.17, 15) is 24.0 Å². The van der Waals surface area contributed by atoms with Crippen molar-refractivity contribution >= 4 is 42.1 Å². The molecule has 0 bridgehead atoms. The van der Waals surface area contributed by atoms with Gasteiger partial charge in [0, 0.05) is 32.2 Å². The van der Waals surface area contributed by atoms with Crippen LogP contribution in [-0.4, -0.2) is 47.5 Å². The van der Waals surface area contributed by atoms with Gasteiger partial charge in [-0.2, -0.15) is 0 Å². The summed E-state index contributed by atoms with van der Waals surface area (Å²) in [5.74, 6) is -0.658. The van der Waals surface area contributed by atoms with Gasteiger partial charge < -0.3 is 10.4 Å². The number of alkyl halides is 2. The third-order valence-corrected chi connectivity index (χ3v) is 3.73. The molecule has 1 fully saturated rings. The fraction of sp³-hybridized carbons (Fsp3) is 0.500. The maximum absolute atomic E-state index is 13.5. The first-order chi connectivity index (χ1) is 9.93. The van der Waals surface area contributed by atoms with E-state index in [2.05, 4.69) is 5.32 Å². The van der Waals surface area contributed by atoms with E-state index in [-0.39, 0.29) is 29.8 Å². The second kappa shape index (κ2) is 9.39. The maximum Gasteiger partial charge on any atom is 0.278 e. The number of piperazine rings is 1. The zero-order valence-electron chi connectivity index (χ0n) is 11.7. The molecule has 2 N–H and O–H groups in total. The Bertz CT molecular complexity index is 546. The summed E-state index contributed by atoms with van der Waals surface area (Å²) < 4.78 is 27.0. The number of phenolic OH excluding ortho intramolecular Hbond substituents is 1. The van der Waals surface area contributed by atoms with Gasteiger partial charge in [-0.15, -0.1) is 24.8 Å². The van der Waals surface area contributed by atoms with Gasteiger partial charge in [0.25, 0.3) is 12.1 Å². The van der Waals surface area contributed by atoms with Crippen LogP contribution in [0, 0.1) is 10.1 Å². The number of benzene rings is 1. The summed E-state index contributed by atoms with van der Waals surface area (Å²) in [5, 5.41) is 23.9. The topological polar surface area (TPSA) is 78.6 Å². The van der Waals surface area contributed by atoms with E-state index in [0.29, 0.717) is 26.2 Å². The summed E-state index contributed by atoms with van der Waals surface area (Å²) in [6.45, 7) is 1.60. The number of aromatic hydroxyl groups is 1. The lowest BCUT2D eigenvalue weighted by Gasteiger charge is -2.34. The molecule has 6 nitrogen and oxygen atoms in total.